The van der Waals surface area contributed by atoms with Crippen LogP contribution in [0.3, 0.4) is 0 Å². The first-order valence-corrected chi connectivity index (χ1v) is 10.9. The third-order valence-corrected chi connectivity index (χ3v) is 7.39. The number of hydrogen-bond acceptors (Lipinski definition) is 5. The third-order valence-electron chi connectivity index (χ3n) is 7.39. The summed E-state index contributed by atoms with van der Waals surface area (Å²) in [5, 5.41) is 0. The number of aldehydes is 1. The molecule has 2 fully saturated rings. The summed E-state index contributed by atoms with van der Waals surface area (Å²) in [6.45, 7) is 12.8. The van der Waals surface area contributed by atoms with Gasteiger partial charge in [-0.2, -0.15) is 0 Å². The number of rotatable bonds is 8. The zero-order chi connectivity index (χ0) is 22.6. The fourth-order valence-corrected chi connectivity index (χ4v) is 6.08. The monoisotopic (exact) mass is 424 g/mol. The van der Waals surface area contributed by atoms with E-state index in [0.29, 0.717) is 36.9 Å². The maximum Gasteiger partial charge on any atom is 0.338 e. The maximum absolute atomic E-state index is 12.9. The Labute approximate surface area is 184 Å². The van der Waals surface area contributed by atoms with E-state index < -0.39 is 11.7 Å². The minimum absolute atomic E-state index is 0.121. The van der Waals surface area contributed by atoms with Crippen molar-refractivity contribution in [2.24, 2.45) is 17.3 Å². The number of fused-ring (bicyclic) bond motifs is 1. The second-order valence-corrected chi connectivity index (χ2v) is 9.40. The van der Waals surface area contributed by atoms with E-state index in [0.717, 1.165) is 31.1 Å². The Morgan fingerprint density at radius 1 is 1.19 bits per heavy atom. The largest absolute Gasteiger partial charge is 0.461 e. The summed E-state index contributed by atoms with van der Waals surface area (Å²) in [6.07, 6.45) is 4.73. The van der Waals surface area contributed by atoms with Gasteiger partial charge in [0.25, 0.3) is 6.47 Å². The van der Waals surface area contributed by atoms with Crippen molar-refractivity contribution in [1.29, 1.82) is 0 Å². The van der Waals surface area contributed by atoms with E-state index in [1.54, 1.807) is 24.3 Å². The number of ether oxygens (including phenoxy) is 2. The first-order valence-electron chi connectivity index (χ1n) is 10.9. The molecule has 166 valence electrons. The molecule has 0 N–H and O–H groups in total. The van der Waals surface area contributed by atoms with Crippen LogP contribution >= 0.6 is 0 Å². The molecule has 0 spiro atoms. The van der Waals surface area contributed by atoms with Gasteiger partial charge in [0, 0.05) is 12.3 Å². The van der Waals surface area contributed by atoms with Gasteiger partial charge in [0.2, 0.25) is 0 Å². The standard InChI is InChI=1S/C26H32O5/c1-18(16-27)11-12-21-19(2)15-22(31-24(29)20-9-6-5-7-10-20)23-25(21,3)13-8-14-26(23,4)30-17-28/h5-7,9-10,16-17,21-23H,1-2,8,11-15H2,3-4H3/t21?,22-,23?,25-,26-/m1/s1. The second-order valence-electron chi connectivity index (χ2n) is 9.40. The molecule has 0 saturated heterocycles. The van der Waals surface area contributed by atoms with Crippen molar-refractivity contribution < 1.29 is 23.9 Å². The molecule has 0 radical (unpaired) electrons. The molecule has 0 amide bonds. The van der Waals surface area contributed by atoms with Crippen LogP contribution in [0.4, 0.5) is 0 Å². The quantitative estimate of drug-likeness (QED) is 0.252. The van der Waals surface area contributed by atoms with Crippen molar-refractivity contribution in [3.05, 3.63) is 60.2 Å². The van der Waals surface area contributed by atoms with Gasteiger partial charge in [-0.3, -0.25) is 9.59 Å². The highest BCUT2D eigenvalue weighted by atomic mass is 16.6. The Bertz CT molecular complexity index is 860. The molecule has 3 rings (SSSR count). The molecule has 0 heterocycles. The molecule has 0 bridgehead atoms. The first kappa shape index (κ1) is 23.0. The van der Waals surface area contributed by atoms with Crippen LogP contribution in [0.1, 0.15) is 62.7 Å². The van der Waals surface area contributed by atoms with Gasteiger partial charge in [0.05, 0.1) is 5.56 Å². The van der Waals surface area contributed by atoms with Crippen molar-refractivity contribution >= 4 is 18.7 Å². The van der Waals surface area contributed by atoms with Crippen LogP contribution in [-0.4, -0.2) is 30.4 Å². The summed E-state index contributed by atoms with van der Waals surface area (Å²) >= 11 is 0. The molecule has 5 atom stereocenters. The number of carbonyl (C=O) groups is 3. The van der Waals surface area contributed by atoms with Crippen LogP contribution in [0.5, 0.6) is 0 Å². The highest BCUT2D eigenvalue weighted by Gasteiger charge is 2.60. The minimum atomic E-state index is -0.739. The van der Waals surface area contributed by atoms with Crippen molar-refractivity contribution in [1.82, 2.24) is 0 Å². The molecule has 0 aliphatic heterocycles. The van der Waals surface area contributed by atoms with E-state index in [-0.39, 0.29) is 23.2 Å². The van der Waals surface area contributed by atoms with Crippen LogP contribution in [0, 0.1) is 17.3 Å². The highest BCUT2D eigenvalue weighted by Crippen LogP contribution is 2.60. The molecule has 31 heavy (non-hydrogen) atoms. The van der Waals surface area contributed by atoms with E-state index in [9.17, 15) is 14.4 Å². The van der Waals surface area contributed by atoms with Crippen molar-refractivity contribution in [2.75, 3.05) is 0 Å². The summed E-state index contributed by atoms with van der Waals surface area (Å²) < 4.78 is 11.7. The van der Waals surface area contributed by atoms with Gasteiger partial charge >= 0.3 is 5.97 Å². The Morgan fingerprint density at radius 2 is 1.90 bits per heavy atom. The molecule has 2 saturated carbocycles. The molecule has 0 aromatic heterocycles. The van der Waals surface area contributed by atoms with E-state index in [2.05, 4.69) is 20.1 Å². The van der Waals surface area contributed by atoms with Gasteiger partial charge < -0.3 is 9.47 Å². The number of benzene rings is 1. The summed E-state index contributed by atoms with van der Waals surface area (Å²) in [5.41, 5.74) is 1.05. The predicted molar refractivity (Wildman–Crippen MR) is 118 cm³/mol. The van der Waals surface area contributed by atoms with Gasteiger partial charge in [0.1, 0.15) is 18.0 Å². The average Bonchev–Trinajstić information content (AvgIpc) is 2.73. The van der Waals surface area contributed by atoms with Crippen LogP contribution in [-0.2, 0) is 19.1 Å². The number of carbonyl (C=O) groups excluding carboxylic acids is 3. The van der Waals surface area contributed by atoms with Crippen molar-refractivity contribution in [3.63, 3.8) is 0 Å². The summed E-state index contributed by atoms with van der Waals surface area (Å²) in [4.78, 5) is 35.4. The molecule has 2 aliphatic carbocycles. The fourth-order valence-electron chi connectivity index (χ4n) is 6.08. The number of hydrogen-bond donors (Lipinski definition) is 0. The van der Waals surface area contributed by atoms with Crippen molar-refractivity contribution in [2.45, 2.75) is 64.1 Å². The van der Waals surface area contributed by atoms with E-state index in [1.807, 2.05) is 13.0 Å². The molecule has 2 unspecified atom stereocenters. The van der Waals surface area contributed by atoms with Gasteiger partial charge in [0.15, 0.2) is 0 Å². The molecule has 5 heteroatoms. The lowest BCUT2D eigenvalue weighted by Crippen LogP contribution is -2.61. The topological polar surface area (TPSA) is 69.7 Å². The van der Waals surface area contributed by atoms with E-state index >= 15 is 0 Å². The lowest BCUT2D eigenvalue weighted by Gasteiger charge is -2.59. The van der Waals surface area contributed by atoms with Crippen LogP contribution in [0.2, 0.25) is 0 Å². The SMILES string of the molecule is C=C(C=O)CCC1C(=C)C[C@@H](OC(=O)c2ccccc2)C2[C@]1(C)CCC[C@@]2(C)OC=O. The van der Waals surface area contributed by atoms with Gasteiger partial charge in [-0.05, 0) is 68.1 Å². The second kappa shape index (κ2) is 9.21. The van der Waals surface area contributed by atoms with Crippen LogP contribution in [0.15, 0.2) is 54.6 Å². The molecular formula is C26H32O5. The minimum Gasteiger partial charge on any atom is -0.461 e. The summed E-state index contributed by atoms with van der Waals surface area (Å²) in [6, 6.07) is 8.92. The zero-order valence-corrected chi connectivity index (χ0v) is 18.5. The molecule has 1 aromatic rings. The summed E-state index contributed by atoms with van der Waals surface area (Å²) in [5.74, 6) is -0.435. The molecular weight excluding hydrogens is 392 g/mol. The maximum atomic E-state index is 12.9. The van der Waals surface area contributed by atoms with Gasteiger partial charge in [-0.15, -0.1) is 0 Å². The lowest BCUT2D eigenvalue weighted by atomic mass is 9.48. The van der Waals surface area contributed by atoms with Gasteiger partial charge in [-0.1, -0.05) is 43.9 Å². The summed E-state index contributed by atoms with van der Waals surface area (Å²) in [7, 11) is 0. The van der Waals surface area contributed by atoms with Crippen LogP contribution < -0.4 is 0 Å². The Hall–Kier alpha value is -2.69. The fraction of sp³-hybridized carbons (Fsp3) is 0.500. The zero-order valence-electron chi connectivity index (χ0n) is 18.5. The Balaban J connectivity index is 1.95. The first-order chi connectivity index (χ1) is 14.7. The smallest absolute Gasteiger partial charge is 0.338 e. The molecule has 1 aromatic carbocycles. The van der Waals surface area contributed by atoms with Crippen LogP contribution in [0.25, 0.3) is 0 Å². The molecule has 2 aliphatic rings. The predicted octanol–water partition coefficient (Wildman–Crippen LogP) is 5.06. The Morgan fingerprint density at radius 3 is 2.55 bits per heavy atom. The van der Waals surface area contributed by atoms with Crippen molar-refractivity contribution in [3.8, 4) is 0 Å². The van der Waals surface area contributed by atoms with E-state index in [1.165, 1.54) is 0 Å². The van der Waals surface area contributed by atoms with E-state index in [4.69, 9.17) is 9.47 Å². The third kappa shape index (κ3) is 4.51. The normalized spacial score (nSPS) is 32.5. The average molecular weight is 425 g/mol. The Kier molecular flexibility index (Phi) is 6.83. The highest BCUT2D eigenvalue weighted by molar-refractivity contribution is 5.89. The van der Waals surface area contributed by atoms with Gasteiger partial charge in [-0.25, -0.2) is 4.79 Å². The lowest BCUT2D eigenvalue weighted by molar-refractivity contribution is -0.192. The molecule has 5 nitrogen and oxygen atoms in total. The number of esters is 1. The number of allylic oxidation sites excluding steroid dienone is 1.